The van der Waals surface area contributed by atoms with E-state index in [2.05, 4.69) is 0 Å². The Kier molecular flexibility index (Phi) is 2.79. The molecular formula is C19H18O6. The lowest BCUT2D eigenvalue weighted by Gasteiger charge is -2.46. The first-order chi connectivity index (χ1) is 11.9. The smallest absolute Gasteiger partial charge is 0.174 e. The molecule has 0 bridgehead atoms. The maximum Gasteiger partial charge on any atom is 0.174 e. The number of ketones is 2. The molecular weight excluding hydrogens is 324 g/mol. The van der Waals surface area contributed by atoms with Crippen LogP contribution in [-0.2, 0) is 9.53 Å². The Balaban J connectivity index is 1.77. The monoisotopic (exact) mass is 342 g/mol. The second-order valence-electron chi connectivity index (χ2n) is 7.68. The topological polar surface area (TPSA) is 107 Å². The lowest BCUT2D eigenvalue weighted by Crippen LogP contribution is -2.59. The molecule has 0 unspecified atom stereocenters. The van der Waals surface area contributed by atoms with Gasteiger partial charge in [0, 0.05) is 23.1 Å². The summed E-state index contributed by atoms with van der Waals surface area (Å²) in [6.07, 6.45) is -1.69. The van der Waals surface area contributed by atoms with Crippen molar-refractivity contribution in [1.82, 2.24) is 0 Å². The molecule has 130 valence electrons. The van der Waals surface area contributed by atoms with Crippen LogP contribution >= 0.6 is 0 Å². The van der Waals surface area contributed by atoms with Crippen LogP contribution in [0.5, 0.6) is 5.75 Å². The van der Waals surface area contributed by atoms with Crippen molar-refractivity contribution in [2.45, 2.75) is 43.7 Å². The largest absolute Gasteiger partial charge is 0.508 e. The highest BCUT2D eigenvalue weighted by atomic mass is 16.6. The molecule has 25 heavy (non-hydrogen) atoms. The van der Waals surface area contributed by atoms with Crippen LogP contribution in [0.3, 0.4) is 0 Å². The fourth-order valence-electron chi connectivity index (χ4n) is 5.00. The van der Waals surface area contributed by atoms with E-state index in [1.54, 1.807) is 0 Å². The number of benzene rings is 1. The molecule has 5 rings (SSSR count). The molecule has 0 aromatic heterocycles. The summed E-state index contributed by atoms with van der Waals surface area (Å²) in [5, 5.41) is 32.3. The van der Waals surface area contributed by atoms with Gasteiger partial charge in [0.2, 0.25) is 0 Å². The van der Waals surface area contributed by atoms with Crippen LogP contribution < -0.4 is 0 Å². The summed E-state index contributed by atoms with van der Waals surface area (Å²) in [4.78, 5) is 25.9. The fourth-order valence-corrected chi connectivity index (χ4v) is 5.00. The van der Waals surface area contributed by atoms with Gasteiger partial charge in [0.1, 0.15) is 29.7 Å². The summed E-state index contributed by atoms with van der Waals surface area (Å²) in [5.74, 6) is -1.82. The number of fused-ring (bicyclic) bond motifs is 6. The van der Waals surface area contributed by atoms with Crippen molar-refractivity contribution < 1.29 is 29.6 Å². The highest BCUT2D eigenvalue weighted by Crippen LogP contribution is 2.60. The first-order valence-electron chi connectivity index (χ1n) is 8.53. The van der Waals surface area contributed by atoms with Crippen LogP contribution in [0.2, 0.25) is 0 Å². The molecule has 6 heteroatoms. The lowest BCUT2D eigenvalue weighted by atomic mass is 9.58. The molecule has 3 N–H and O–H groups in total. The number of hydrogen-bond acceptors (Lipinski definition) is 6. The second-order valence-corrected chi connectivity index (χ2v) is 7.68. The minimum Gasteiger partial charge on any atom is -0.508 e. The van der Waals surface area contributed by atoms with E-state index in [0.717, 1.165) is 5.57 Å². The molecule has 1 fully saturated rings. The minimum atomic E-state index is -1.93. The fraction of sp³-hybridized carbons (Fsp3) is 0.474. The zero-order chi connectivity index (χ0) is 17.7. The standard InChI is InChI=1S/C19H18O6/c1-7-5-9-12(11(21)6-7)14-15(22)8-3-2-4-10(20)13(8)17(23)19(14,24)18-16(9)25-18/h2-4,7,14,16-18,20,23-24H,5-6H2,1H3/t7-,14-,16-,17-,18+,19-/m0/s1. The summed E-state index contributed by atoms with van der Waals surface area (Å²) in [6, 6.07) is 4.39. The van der Waals surface area contributed by atoms with Gasteiger partial charge in [0.25, 0.3) is 0 Å². The maximum atomic E-state index is 13.2. The minimum absolute atomic E-state index is 0.0150. The Labute approximate surface area is 143 Å². The quantitative estimate of drug-likeness (QED) is 0.608. The molecule has 6 atom stereocenters. The van der Waals surface area contributed by atoms with Gasteiger partial charge in [-0.05, 0) is 24.0 Å². The molecule has 1 aliphatic heterocycles. The van der Waals surface area contributed by atoms with Crippen LogP contribution in [0.25, 0.3) is 0 Å². The molecule has 0 saturated carbocycles. The van der Waals surface area contributed by atoms with Gasteiger partial charge in [-0.2, -0.15) is 0 Å². The van der Waals surface area contributed by atoms with Crippen LogP contribution in [0.1, 0.15) is 41.8 Å². The van der Waals surface area contributed by atoms with Crippen LogP contribution in [0, 0.1) is 11.8 Å². The van der Waals surface area contributed by atoms with Crippen molar-refractivity contribution in [3.8, 4) is 5.75 Å². The number of carbonyl (C=O) groups excluding carboxylic acids is 2. The van der Waals surface area contributed by atoms with Gasteiger partial charge in [-0.3, -0.25) is 9.59 Å². The van der Waals surface area contributed by atoms with Crippen LogP contribution in [0.15, 0.2) is 29.3 Å². The van der Waals surface area contributed by atoms with Gasteiger partial charge in [-0.15, -0.1) is 0 Å². The van der Waals surface area contributed by atoms with Gasteiger partial charge >= 0.3 is 0 Å². The van der Waals surface area contributed by atoms with Gasteiger partial charge in [-0.25, -0.2) is 0 Å². The van der Waals surface area contributed by atoms with Gasteiger partial charge in [0.05, 0.1) is 5.92 Å². The van der Waals surface area contributed by atoms with Crippen LogP contribution in [0.4, 0.5) is 0 Å². The highest BCUT2D eigenvalue weighted by molar-refractivity contribution is 6.11. The third-order valence-corrected chi connectivity index (χ3v) is 6.11. The van der Waals surface area contributed by atoms with E-state index in [9.17, 15) is 24.9 Å². The predicted molar refractivity (Wildman–Crippen MR) is 84.9 cm³/mol. The number of aromatic hydroxyl groups is 1. The first-order valence-corrected chi connectivity index (χ1v) is 8.53. The zero-order valence-corrected chi connectivity index (χ0v) is 13.6. The zero-order valence-electron chi connectivity index (χ0n) is 13.6. The number of phenols is 1. The summed E-state index contributed by atoms with van der Waals surface area (Å²) >= 11 is 0. The third-order valence-electron chi connectivity index (χ3n) is 6.11. The average molecular weight is 342 g/mol. The van der Waals surface area contributed by atoms with Gasteiger partial charge in [0.15, 0.2) is 11.6 Å². The van der Waals surface area contributed by atoms with E-state index in [4.69, 9.17) is 4.74 Å². The average Bonchev–Trinajstić information content (AvgIpc) is 3.35. The summed E-state index contributed by atoms with van der Waals surface area (Å²) < 4.78 is 5.64. The molecule has 4 aliphatic rings. The molecule has 1 aromatic rings. The van der Waals surface area contributed by atoms with E-state index < -0.39 is 35.6 Å². The molecule has 1 heterocycles. The predicted octanol–water partition coefficient (Wildman–Crippen LogP) is 1.05. The van der Waals surface area contributed by atoms with E-state index in [1.165, 1.54) is 18.2 Å². The lowest BCUT2D eigenvalue weighted by molar-refractivity contribution is -0.130. The molecule has 1 aromatic carbocycles. The van der Waals surface area contributed by atoms with Gasteiger partial charge < -0.3 is 20.1 Å². The summed E-state index contributed by atoms with van der Waals surface area (Å²) in [6.45, 7) is 1.98. The Morgan fingerprint density at radius 3 is 2.76 bits per heavy atom. The van der Waals surface area contributed by atoms with Crippen molar-refractivity contribution in [2.75, 3.05) is 0 Å². The second kappa shape index (κ2) is 4.58. The Morgan fingerprint density at radius 2 is 2.00 bits per heavy atom. The molecule has 3 aliphatic carbocycles. The van der Waals surface area contributed by atoms with Crippen LogP contribution in [-0.4, -0.2) is 44.7 Å². The first kappa shape index (κ1) is 15.3. The number of aliphatic hydroxyl groups is 2. The van der Waals surface area contributed by atoms with Crippen molar-refractivity contribution in [2.24, 2.45) is 11.8 Å². The molecule has 6 nitrogen and oxygen atoms in total. The summed E-state index contributed by atoms with van der Waals surface area (Å²) in [5.41, 5.74) is -0.645. The SMILES string of the molecule is C[C@@H]1CC(=O)C2=C(C1)[C@@H]1O[C@H]1[C@]1(O)[C@@H]2C(=O)c2cccc(O)c2[C@@H]1O. The number of hydrogen-bond donors (Lipinski definition) is 3. The Morgan fingerprint density at radius 1 is 1.24 bits per heavy atom. The van der Waals surface area contributed by atoms with Crippen molar-refractivity contribution >= 4 is 11.6 Å². The number of ether oxygens (including phenoxy) is 1. The third kappa shape index (κ3) is 1.69. The molecule has 1 saturated heterocycles. The number of carbonyl (C=O) groups is 2. The normalized spacial score (nSPS) is 41.6. The van der Waals surface area contributed by atoms with Gasteiger partial charge in [-0.1, -0.05) is 19.1 Å². The number of rotatable bonds is 0. The molecule has 0 radical (unpaired) electrons. The Bertz CT molecular complexity index is 871. The van der Waals surface area contributed by atoms with E-state index in [1.807, 2.05) is 6.92 Å². The summed E-state index contributed by atoms with van der Waals surface area (Å²) in [7, 11) is 0. The maximum absolute atomic E-state index is 13.2. The molecule has 0 spiro atoms. The Hall–Kier alpha value is -2.02. The van der Waals surface area contributed by atoms with Crippen molar-refractivity contribution in [3.05, 3.63) is 40.5 Å². The van der Waals surface area contributed by atoms with Crippen molar-refractivity contribution in [1.29, 1.82) is 0 Å². The number of phenolic OH excluding ortho intramolecular Hbond substituents is 1. The number of aliphatic hydroxyl groups excluding tert-OH is 1. The number of Topliss-reactive ketones (excluding diaryl/α,β-unsaturated/α-hetero) is 2. The van der Waals surface area contributed by atoms with E-state index in [-0.39, 0.29) is 28.6 Å². The number of epoxide rings is 1. The molecule has 0 amide bonds. The highest BCUT2D eigenvalue weighted by Gasteiger charge is 2.71. The van der Waals surface area contributed by atoms with E-state index >= 15 is 0 Å². The van der Waals surface area contributed by atoms with Crippen molar-refractivity contribution in [3.63, 3.8) is 0 Å². The van der Waals surface area contributed by atoms with E-state index in [0.29, 0.717) is 18.4 Å².